The lowest BCUT2D eigenvalue weighted by Gasteiger charge is -2.36. The number of carbonyl (C=O) groups excluding carboxylic acids is 3. The fraction of sp³-hybridized carbons (Fsp3) is 0.464. The highest BCUT2D eigenvalue weighted by atomic mass is 19.4. The molecule has 0 atom stereocenters. The van der Waals surface area contributed by atoms with E-state index in [2.05, 4.69) is 15.5 Å². The van der Waals surface area contributed by atoms with Gasteiger partial charge in [0.2, 0.25) is 11.8 Å². The van der Waals surface area contributed by atoms with Crippen LogP contribution in [0.25, 0.3) is 0 Å². The van der Waals surface area contributed by atoms with Crippen LogP contribution >= 0.6 is 0 Å². The second-order valence-electron chi connectivity index (χ2n) is 9.96. The standard InChI is InChI=1S/C28H34F3N5O4/c1-40-17-16-36(26(38)20-4-2-5-20)19-25(37)32-22-8-10-24(11-9-22)34-12-14-35(15-13-34)27(39)33-23-7-3-6-21(18-23)28(29,30)31/h3,6-11,18,20H,2,4-5,12-17,19H2,1H3,(H,32,37)(H,33,39). The van der Waals surface area contributed by atoms with Gasteiger partial charge in [-0.2, -0.15) is 13.2 Å². The lowest BCUT2D eigenvalue weighted by Crippen LogP contribution is -2.50. The zero-order chi connectivity index (χ0) is 28.7. The number of hydrogen-bond acceptors (Lipinski definition) is 5. The van der Waals surface area contributed by atoms with Crippen molar-refractivity contribution < 1.29 is 32.3 Å². The lowest BCUT2D eigenvalue weighted by atomic mass is 9.84. The number of ether oxygens (including phenoxy) is 1. The van der Waals surface area contributed by atoms with Crippen LogP contribution in [-0.4, -0.2) is 80.6 Å². The number of hydrogen-bond donors (Lipinski definition) is 2. The monoisotopic (exact) mass is 561 g/mol. The molecule has 0 unspecified atom stereocenters. The third-order valence-electron chi connectivity index (χ3n) is 7.19. The average Bonchev–Trinajstić information content (AvgIpc) is 2.90. The molecule has 0 radical (unpaired) electrons. The van der Waals surface area contributed by atoms with Crippen LogP contribution in [0.2, 0.25) is 0 Å². The average molecular weight is 562 g/mol. The maximum atomic E-state index is 12.9. The Morgan fingerprint density at radius 1 is 0.975 bits per heavy atom. The number of urea groups is 1. The number of nitrogens with zero attached hydrogens (tertiary/aromatic N) is 3. The van der Waals surface area contributed by atoms with Gasteiger partial charge in [0.1, 0.15) is 0 Å². The molecule has 9 nitrogen and oxygen atoms in total. The molecule has 1 saturated carbocycles. The molecular weight excluding hydrogens is 527 g/mol. The first kappa shape index (κ1) is 29.2. The van der Waals surface area contributed by atoms with Crippen molar-refractivity contribution in [2.24, 2.45) is 5.92 Å². The van der Waals surface area contributed by atoms with Gasteiger partial charge >= 0.3 is 12.2 Å². The molecular formula is C28H34F3N5O4. The van der Waals surface area contributed by atoms with Gasteiger partial charge in [-0.25, -0.2) is 4.79 Å². The number of benzene rings is 2. The molecule has 0 spiro atoms. The predicted molar refractivity (Wildman–Crippen MR) is 145 cm³/mol. The number of piperazine rings is 1. The zero-order valence-corrected chi connectivity index (χ0v) is 22.4. The fourth-order valence-corrected chi connectivity index (χ4v) is 4.66. The number of anilines is 3. The van der Waals surface area contributed by atoms with Crippen LogP contribution in [0.4, 0.5) is 35.0 Å². The van der Waals surface area contributed by atoms with Crippen LogP contribution in [0.15, 0.2) is 48.5 Å². The fourth-order valence-electron chi connectivity index (χ4n) is 4.66. The van der Waals surface area contributed by atoms with Crippen molar-refractivity contribution in [3.8, 4) is 0 Å². The third-order valence-corrected chi connectivity index (χ3v) is 7.19. The SMILES string of the molecule is COCCN(CC(=O)Nc1ccc(N2CCN(C(=O)Nc3cccc(C(F)(F)F)c3)CC2)cc1)C(=O)C1CCC1. The molecule has 2 aromatic carbocycles. The molecule has 216 valence electrons. The smallest absolute Gasteiger partial charge is 0.383 e. The number of halogens is 3. The summed E-state index contributed by atoms with van der Waals surface area (Å²) in [5.41, 5.74) is 0.794. The van der Waals surface area contributed by atoms with Crippen molar-refractivity contribution in [1.82, 2.24) is 9.80 Å². The molecule has 1 aliphatic heterocycles. The van der Waals surface area contributed by atoms with Crippen LogP contribution in [0, 0.1) is 5.92 Å². The van der Waals surface area contributed by atoms with E-state index in [0.29, 0.717) is 45.0 Å². The first-order chi connectivity index (χ1) is 19.1. The number of carbonyl (C=O) groups is 3. The molecule has 2 fully saturated rings. The van der Waals surface area contributed by atoms with Crippen LogP contribution in [0.5, 0.6) is 0 Å². The maximum Gasteiger partial charge on any atom is 0.416 e. The summed E-state index contributed by atoms with van der Waals surface area (Å²) in [7, 11) is 1.56. The normalized spacial score (nSPS) is 15.8. The van der Waals surface area contributed by atoms with E-state index in [0.717, 1.165) is 37.1 Å². The molecule has 2 aliphatic rings. The number of methoxy groups -OCH3 is 1. The Morgan fingerprint density at radius 3 is 2.27 bits per heavy atom. The second kappa shape index (κ2) is 13.0. The minimum Gasteiger partial charge on any atom is -0.383 e. The second-order valence-corrected chi connectivity index (χ2v) is 9.96. The van der Waals surface area contributed by atoms with Crippen LogP contribution in [-0.2, 0) is 20.5 Å². The first-order valence-corrected chi connectivity index (χ1v) is 13.3. The number of alkyl halides is 3. The van der Waals surface area contributed by atoms with E-state index < -0.39 is 17.8 Å². The summed E-state index contributed by atoms with van der Waals surface area (Å²) in [6, 6.07) is 11.4. The first-order valence-electron chi connectivity index (χ1n) is 13.3. The van der Waals surface area contributed by atoms with Gasteiger partial charge in [0.25, 0.3) is 0 Å². The molecule has 4 amide bonds. The van der Waals surface area contributed by atoms with Crippen molar-refractivity contribution >= 4 is 34.9 Å². The summed E-state index contributed by atoms with van der Waals surface area (Å²) in [6.45, 7) is 2.57. The van der Waals surface area contributed by atoms with Gasteiger partial charge in [0.15, 0.2) is 0 Å². The van der Waals surface area contributed by atoms with Crippen molar-refractivity contribution in [2.75, 3.05) is 68.5 Å². The van der Waals surface area contributed by atoms with Crippen LogP contribution in [0.3, 0.4) is 0 Å². The highest BCUT2D eigenvalue weighted by molar-refractivity contribution is 5.95. The highest BCUT2D eigenvalue weighted by Gasteiger charge is 2.31. The largest absolute Gasteiger partial charge is 0.416 e. The molecule has 1 saturated heterocycles. The van der Waals surface area contributed by atoms with Gasteiger partial charge in [0.05, 0.1) is 18.7 Å². The highest BCUT2D eigenvalue weighted by Crippen LogP contribution is 2.31. The van der Waals surface area contributed by atoms with Gasteiger partial charge in [-0.1, -0.05) is 12.5 Å². The molecule has 1 aliphatic carbocycles. The Kier molecular flexibility index (Phi) is 9.51. The van der Waals surface area contributed by atoms with Gasteiger partial charge in [0, 0.05) is 62.8 Å². The van der Waals surface area contributed by atoms with Gasteiger partial charge < -0.3 is 30.1 Å². The molecule has 1 heterocycles. The Labute approximate surface area is 231 Å². The quantitative estimate of drug-likeness (QED) is 0.477. The Morgan fingerprint density at radius 2 is 1.68 bits per heavy atom. The third kappa shape index (κ3) is 7.65. The molecule has 4 rings (SSSR count). The van der Waals surface area contributed by atoms with Crippen molar-refractivity contribution in [2.45, 2.75) is 25.4 Å². The Bertz CT molecular complexity index is 1180. The van der Waals surface area contributed by atoms with E-state index in [1.807, 2.05) is 12.1 Å². The van der Waals surface area contributed by atoms with E-state index in [-0.39, 0.29) is 30.0 Å². The Hall–Kier alpha value is -3.80. The summed E-state index contributed by atoms with van der Waals surface area (Å²) in [5, 5.41) is 5.39. The Balaban J connectivity index is 1.25. The van der Waals surface area contributed by atoms with Crippen molar-refractivity contribution in [3.63, 3.8) is 0 Å². The van der Waals surface area contributed by atoms with Crippen LogP contribution < -0.4 is 15.5 Å². The van der Waals surface area contributed by atoms with E-state index >= 15 is 0 Å². The summed E-state index contributed by atoms with van der Waals surface area (Å²) in [6.07, 6.45) is -1.72. The minimum atomic E-state index is -4.48. The molecule has 2 N–H and O–H groups in total. The maximum absolute atomic E-state index is 12.9. The van der Waals surface area contributed by atoms with Gasteiger partial charge in [-0.3, -0.25) is 9.59 Å². The summed E-state index contributed by atoms with van der Waals surface area (Å²) in [4.78, 5) is 43.1. The number of nitrogens with one attached hydrogen (secondary N) is 2. The van der Waals surface area contributed by atoms with Crippen molar-refractivity contribution in [3.05, 3.63) is 54.1 Å². The molecule has 40 heavy (non-hydrogen) atoms. The number of amides is 4. The summed E-state index contributed by atoms with van der Waals surface area (Å²) >= 11 is 0. The summed E-state index contributed by atoms with van der Waals surface area (Å²) < 4.78 is 43.9. The topological polar surface area (TPSA) is 94.2 Å². The molecule has 0 aromatic heterocycles. The van der Waals surface area contributed by atoms with E-state index in [1.54, 1.807) is 29.0 Å². The zero-order valence-electron chi connectivity index (χ0n) is 22.4. The molecule has 12 heteroatoms. The lowest BCUT2D eigenvalue weighted by molar-refractivity contribution is -0.141. The molecule has 2 aromatic rings. The van der Waals surface area contributed by atoms with E-state index in [1.165, 1.54) is 12.1 Å². The predicted octanol–water partition coefficient (Wildman–Crippen LogP) is 4.27. The minimum absolute atomic E-state index is 0.00329. The van der Waals surface area contributed by atoms with Crippen LogP contribution in [0.1, 0.15) is 24.8 Å². The van der Waals surface area contributed by atoms with E-state index in [9.17, 15) is 27.6 Å². The molecule has 0 bridgehead atoms. The summed E-state index contributed by atoms with van der Waals surface area (Å²) in [5.74, 6) is -0.288. The van der Waals surface area contributed by atoms with E-state index in [4.69, 9.17) is 4.74 Å². The number of rotatable bonds is 9. The van der Waals surface area contributed by atoms with Crippen molar-refractivity contribution in [1.29, 1.82) is 0 Å². The van der Waals surface area contributed by atoms with Gasteiger partial charge in [-0.15, -0.1) is 0 Å². The van der Waals surface area contributed by atoms with Gasteiger partial charge in [-0.05, 0) is 55.3 Å².